The van der Waals surface area contributed by atoms with E-state index in [9.17, 15) is 14.7 Å². The van der Waals surface area contributed by atoms with Crippen molar-refractivity contribution in [2.45, 2.75) is 39.7 Å². The SMILES string of the molecule is Cc1cc2c(o1)C(Nc1c(Nc3ccnc(-c4cncn4C)c3O)c(=O)c1=O)C(C)(C)CC2. The molecular weight excluding hydrogens is 422 g/mol. The summed E-state index contributed by atoms with van der Waals surface area (Å²) in [6.45, 7) is 6.12. The number of nitrogens with zero attached hydrogens (tertiary/aromatic N) is 3. The van der Waals surface area contributed by atoms with Gasteiger partial charge in [-0.15, -0.1) is 0 Å². The minimum Gasteiger partial charge on any atom is -0.504 e. The van der Waals surface area contributed by atoms with Gasteiger partial charge >= 0.3 is 0 Å². The molecule has 1 aromatic carbocycles. The molecule has 1 aliphatic carbocycles. The van der Waals surface area contributed by atoms with E-state index in [0.717, 1.165) is 29.9 Å². The second-order valence-electron chi connectivity index (χ2n) is 9.29. The van der Waals surface area contributed by atoms with E-state index in [-0.39, 0.29) is 34.3 Å². The van der Waals surface area contributed by atoms with Gasteiger partial charge in [-0.2, -0.15) is 0 Å². The molecule has 170 valence electrons. The van der Waals surface area contributed by atoms with E-state index in [0.29, 0.717) is 11.4 Å². The molecule has 3 aromatic heterocycles. The van der Waals surface area contributed by atoms with Crippen molar-refractivity contribution in [3.05, 3.63) is 68.4 Å². The van der Waals surface area contributed by atoms with Gasteiger partial charge in [0.1, 0.15) is 28.6 Å². The summed E-state index contributed by atoms with van der Waals surface area (Å²) in [5.74, 6) is 1.48. The van der Waals surface area contributed by atoms with Crippen LogP contribution >= 0.6 is 0 Å². The second-order valence-corrected chi connectivity index (χ2v) is 9.29. The highest BCUT2D eigenvalue weighted by Crippen LogP contribution is 2.47. The van der Waals surface area contributed by atoms with Crippen molar-refractivity contribution in [1.29, 1.82) is 0 Å². The third-order valence-electron chi connectivity index (χ3n) is 6.49. The quantitative estimate of drug-likeness (QED) is 0.397. The van der Waals surface area contributed by atoms with Crippen LogP contribution in [0.4, 0.5) is 17.1 Å². The fourth-order valence-electron chi connectivity index (χ4n) is 4.50. The van der Waals surface area contributed by atoms with Gasteiger partial charge in [0.05, 0.1) is 29.9 Å². The van der Waals surface area contributed by atoms with Crippen molar-refractivity contribution in [2.75, 3.05) is 10.6 Å². The monoisotopic (exact) mass is 447 g/mol. The Morgan fingerprint density at radius 3 is 2.73 bits per heavy atom. The number of aromatic nitrogens is 3. The highest BCUT2D eigenvalue weighted by Gasteiger charge is 2.40. The van der Waals surface area contributed by atoms with Gasteiger partial charge < -0.3 is 24.7 Å². The van der Waals surface area contributed by atoms with Crippen molar-refractivity contribution in [3.63, 3.8) is 0 Å². The fourth-order valence-corrected chi connectivity index (χ4v) is 4.50. The topological polar surface area (TPSA) is 122 Å². The molecule has 5 rings (SSSR count). The molecule has 0 amide bonds. The van der Waals surface area contributed by atoms with Crippen LogP contribution in [0.5, 0.6) is 5.75 Å². The van der Waals surface area contributed by atoms with Crippen LogP contribution in [0, 0.1) is 12.3 Å². The molecule has 9 nitrogen and oxygen atoms in total. The molecule has 0 radical (unpaired) electrons. The maximum absolute atomic E-state index is 12.5. The Labute approximate surface area is 189 Å². The summed E-state index contributed by atoms with van der Waals surface area (Å²) in [4.78, 5) is 33.3. The molecule has 0 fully saturated rings. The lowest BCUT2D eigenvalue weighted by atomic mass is 9.73. The van der Waals surface area contributed by atoms with Crippen LogP contribution in [0.3, 0.4) is 0 Å². The first kappa shape index (κ1) is 21.0. The van der Waals surface area contributed by atoms with Gasteiger partial charge in [-0.05, 0) is 42.9 Å². The Bertz CT molecular complexity index is 1440. The molecule has 0 saturated heterocycles. The summed E-state index contributed by atoms with van der Waals surface area (Å²) in [7, 11) is 1.79. The normalized spacial score (nSPS) is 17.2. The molecule has 1 atom stereocenters. The van der Waals surface area contributed by atoms with Gasteiger partial charge in [0.25, 0.3) is 10.9 Å². The fraction of sp³-hybridized carbons (Fsp3) is 0.333. The number of fused-ring (bicyclic) bond motifs is 1. The Hall–Kier alpha value is -3.88. The molecule has 33 heavy (non-hydrogen) atoms. The summed E-state index contributed by atoms with van der Waals surface area (Å²) < 4.78 is 7.69. The van der Waals surface area contributed by atoms with Crippen molar-refractivity contribution in [3.8, 4) is 17.1 Å². The van der Waals surface area contributed by atoms with E-state index in [4.69, 9.17) is 4.42 Å². The lowest BCUT2D eigenvalue weighted by Crippen LogP contribution is -2.41. The predicted octanol–water partition coefficient (Wildman–Crippen LogP) is 3.55. The Morgan fingerprint density at radius 2 is 2.00 bits per heavy atom. The molecule has 9 heteroatoms. The van der Waals surface area contributed by atoms with Crippen LogP contribution < -0.4 is 21.5 Å². The highest BCUT2D eigenvalue weighted by molar-refractivity contribution is 5.83. The van der Waals surface area contributed by atoms with E-state index in [1.165, 1.54) is 6.20 Å². The second kappa shape index (κ2) is 7.33. The Kier molecular flexibility index (Phi) is 4.66. The largest absolute Gasteiger partial charge is 0.504 e. The van der Waals surface area contributed by atoms with Crippen LogP contribution in [0.15, 0.2) is 44.9 Å². The first-order valence-electron chi connectivity index (χ1n) is 10.8. The van der Waals surface area contributed by atoms with Crippen LogP contribution in [-0.2, 0) is 13.5 Å². The van der Waals surface area contributed by atoms with Crippen LogP contribution in [0.2, 0.25) is 0 Å². The van der Waals surface area contributed by atoms with Crippen molar-refractivity contribution in [2.24, 2.45) is 12.5 Å². The molecule has 4 aromatic rings. The number of aromatic hydroxyl groups is 1. The number of nitrogens with one attached hydrogen (secondary N) is 2. The van der Waals surface area contributed by atoms with E-state index in [1.54, 1.807) is 30.2 Å². The van der Waals surface area contributed by atoms with Crippen molar-refractivity contribution >= 4 is 17.1 Å². The maximum Gasteiger partial charge on any atom is 0.253 e. The molecule has 0 spiro atoms. The van der Waals surface area contributed by atoms with Crippen LogP contribution in [0.25, 0.3) is 11.4 Å². The predicted molar refractivity (Wildman–Crippen MR) is 125 cm³/mol. The van der Waals surface area contributed by atoms with Crippen LogP contribution in [0.1, 0.15) is 43.4 Å². The van der Waals surface area contributed by atoms with Gasteiger partial charge in [0.15, 0.2) is 5.75 Å². The third kappa shape index (κ3) is 3.31. The Morgan fingerprint density at radius 1 is 1.24 bits per heavy atom. The molecular formula is C24H25N5O4. The summed E-state index contributed by atoms with van der Waals surface area (Å²) in [6.07, 6.45) is 6.52. The van der Waals surface area contributed by atoms with Crippen molar-refractivity contribution < 1.29 is 9.52 Å². The minimum atomic E-state index is -0.639. The molecule has 0 aliphatic heterocycles. The van der Waals surface area contributed by atoms with Gasteiger partial charge in [0.2, 0.25) is 0 Å². The number of anilines is 3. The lowest BCUT2D eigenvalue weighted by molar-refractivity contribution is 0.232. The first-order valence-corrected chi connectivity index (χ1v) is 10.8. The standard InChI is InChI=1S/C24H25N5O4/c1-12-9-13-5-7-24(2,3)23(22(13)33-12)28-18-17(20(31)21(18)32)27-14-6-8-26-16(19(14)30)15-10-25-11-29(15)4/h6,8-11,23,28,30H,5,7H2,1-4H3,(H,26,27). The van der Waals surface area contributed by atoms with E-state index < -0.39 is 10.9 Å². The zero-order valence-electron chi connectivity index (χ0n) is 18.9. The van der Waals surface area contributed by atoms with Gasteiger partial charge in [-0.25, -0.2) is 4.98 Å². The molecule has 0 bridgehead atoms. The molecule has 0 saturated carbocycles. The van der Waals surface area contributed by atoms with Crippen LogP contribution in [-0.4, -0.2) is 19.6 Å². The minimum absolute atomic E-state index is 0.114. The number of aryl methyl sites for hydroxylation is 3. The van der Waals surface area contributed by atoms with Crippen molar-refractivity contribution in [1.82, 2.24) is 14.5 Å². The number of hydrogen-bond donors (Lipinski definition) is 3. The zero-order chi connectivity index (χ0) is 23.5. The zero-order valence-corrected chi connectivity index (χ0v) is 18.9. The lowest BCUT2D eigenvalue weighted by Gasteiger charge is -2.38. The summed E-state index contributed by atoms with van der Waals surface area (Å²) in [5, 5.41) is 17.0. The average Bonchev–Trinajstić information content (AvgIpc) is 3.37. The summed E-state index contributed by atoms with van der Waals surface area (Å²) in [6, 6.07) is 3.30. The highest BCUT2D eigenvalue weighted by atomic mass is 16.3. The number of pyridine rings is 1. The van der Waals surface area contributed by atoms with Gasteiger partial charge in [-0.3, -0.25) is 14.6 Å². The third-order valence-corrected chi connectivity index (χ3v) is 6.49. The smallest absolute Gasteiger partial charge is 0.253 e. The van der Waals surface area contributed by atoms with Gasteiger partial charge in [-0.1, -0.05) is 13.8 Å². The molecule has 1 aliphatic rings. The van der Waals surface area contributed by atoms with E-state index >= 15 is 0 Å². The number of furan rings is 1. The maximum atomic E-state index is 12.5. The van der Waals surface area contributed by atoms with Gasteiger partial charge in [0, 0.05) is 13.2 Å². The molecule has 3 heterocycles. The number of imidazole rings is 1. The summed E-state index contributed by atoms with van der Waals surface area (Å²) >= 11 is 0. The molecule has 1 unspecified atom stereocenters. The average molecular weight is 447 g/mol. The number of hydrogen-bond acceptors (Lipinski definition) is 8. The first-order chi connectivity index (χ1) is 15.7. The summed E-state index contributed by atoms with van der Waals surface area (Å²) in [5.41, 5.74) is 1.20. The van der Waals surface area contributed by atoms with E-state index in [1.807, 2.05) is 13.0 Å². The number of rotatable bonds is 5. The molecule has 3 N–H and O–H groups in total. The van der Waals surface area contributed by atoms with E-state index in [2.05, 4.69) is 34.4 Å². The Balaban J connectivity index is 1.49.